The number of nitrogens with one attached hydrogen (secondary N) is 2. The largest absolute Gasteiger partial charge is 0.355 e. The Morgan fingerprint density at radius 3 is 2.90 bits per heavy atom. The Kier molecular flexibility index (Phi) is 5.97. The molecule has 0 radical (unpaired) electrons. The van der Waals surface area contributed by atoms with Gasteiger partial charge in [-0.25, -0.2) is 4.68 Å². The van der Waals surface area contributed by atoms with Gasteiger partial charge in [0.25, 0.3) is 0 Å². The Morgan fingerprint density at radius 2 is 2.14 bits per heavy atom. The summed E-state index contributed by atoms with van der Waals surface area (Å²) in [5.41, 5.74) is 2.14. The SMILES string of the molecule is CCCCNC(=O)CNCc1ccccc1-n1cccn1. The van der Waals surface area contributed by atoms with Crippen molar-refractivity contribution >= 4 is 5.91 Å². The summed E-state index contributed by atoms with van der Waals surface area (Å²) in [4.78, 5) is 11.6. The molecule has 1 aromatic carbocycles. The van der Waals surface area contributed by atoms with E-state index < -0.39 is 0 Å². The van der Waals surface area contributed by atoms with Crippen LogP contribution in [0.5, 0.6) is 0 Å². The minimum atomic E-state index is 0.0417. The van der Waals surface area contributed by atoms with Gasteiger partial charge in [0.05, 0.1) is 12.2 Å². The fraction of sp³-hybridized carbons (Fsp3) is 0.375. The smallest absolute Gasteiger partial charge is 0.233 e. The molecule has 0 spiro atoms. The van der Waals surface area contributed by atoms with Gasteiger partial charge in [0.1, 0.15) is 0 Å². The normalized spacial score (nSPS) is 10.5. The van der Waals surface area contributed by atoms with Crippen molar-refractivity contribution in [2.75, 3.05) is 13.1 Å². The lowest BCUT2D eigenvalue weighted by Crippen LogP contribution is -2.34. The van der Waals surface area contributed by atoms with Crippen LogP contribution in [0.3, 0.4) is 0 Å². The zero-order chi connectivity index (χ0) is 14.9. The van der Waals surface area contributed by atoms with Crippen LogP contribution in [0, 0.1) is 0 Å². The van der Waals surface area contributed by atoms with E-state index in [0.717, 1.165) is 30.6 Å². The molecule has 0 aliphatic carbocycles. The fourth-order valence-corrected chi connectivity index (χ4v) is 2.07. The average molecular weight is 286 g/mol. The van der Waals surface area contributed by atoms with E-state index in [9.17, 15) is 4.79 Å². The lowest BCUT2D eigenvalue weighted by atomic mass is 10.2. The number of amides is 1. The van der Waals surface area contributed by atoms with Gasteiger partial charge in [-0.15, -0.1) is 0 Å². The molecule has 112 valence electrons. The van der Waals surface area contributed by atoms with Crippen molar-refractivity contribution in [2.45, 2.75) is 26.3 Å². The molecule has 0 aliphatic heterocycles. The molecule has 0 saturated heterocycles. The summed E-state index contributed by atoms with van der Waals surface area (Å²) < 4.78 is 1.83. The Balaban J connectivity index is 1.85. The molecule has 2 rings (SSSR count). The predicted octanol–water partition coefficient (Wildman–Crippen LogP) is 1.88. The number of carbonyl (C=O) groups excluding carboxylic acids is 1. The highest BCUT2D eigenvalue weighted by Crippen LogP contribution is 2.12. The van der Waals surface area contributed by atoms with Crippen molar-refractivity contribution < 1.29 is 4.79 Å². The first-order chi connectivity index (χ1) is 10.3. The number of aromatic nitrogens is 2. The molecule has 2 N–H and O–H groups in total. The highest BCUT2D eigenvalue weighted by atomic mass is 16.1. The molecule has 5 nitrogen and oxygen atoms in total. The van der Waals surface area contributed by atoms with E-state index in [0.29, 0.717) is 13.1 Å². The van der Waals surface area contributed by atoms with Crippen molar-refractivity contribution in [1.29, 1.82) is 0 Å². The number of nitrogens with zero attached hydrogens (tertiary/aromatic N) is 2. The summed E-state index contributed by atoms with van der Waals surface area (Å²) in [6.45, 7) is 3.83. The van der Waals surface area contributed by atoms with Crippen molar-refractivity contribution in [2.24, 2.45) is 0 Å². The molecular weight excluding hydrogens is 264 g/mol. The molecule has 21 heavy (non-hydrogen) atoms. The van der Waals surface area contributed by atoms with Crippen molar-refractivity contribution in [3.05, 3.63) is 48.3 Å². The maximum Gasteiger partial charge on any atom is 0.233 e. The zero-order valence-electron chi connectivity index (χ0n) is 12.4. The number of benzene rings is 1. The Labute approximate surface area is 125 Å². The monoisotopic (exact) mass is 286 g/mol. The highest BCUT2D eigenvalue weighted by molar-refractivity contribution is 5.77. The van der Waals surface area contributed by atoms with E-state index >= 15 is 0 Å². The van der Waals surface area contributed by atoms with Crippen LogP contribution < -0.4 is 10.6 Å². The number of hydrogen-bond acceptors (Lipinski definition) is 3. The van der Waals surface area contributed by atoms with Crippen LogP contribution in [0.2, 0.25) is 0 Å². The minimum Gasteiger partial charge on any atom is -0.355 e. The van der Waals surface area contributed by atoms with Crippen LogP contribution in [-0.2, 0) is 11.3 Å². The number of hydrogen-bond donors (Lipinski definition) is 2. The van der Waals surface area contributed by atoms with Gasteiger partial charge in [-0.05, 0) is 24.1 Å². The number of carbonyl (C=O) groups is 1. The van der Waals surface area contributed by atoms with Gasteiger partial charge in [-0.1, -0.05) is 31.5 Å². The van der Waals surface area contributed by atoms with E-state index in [-0.39, 0.29) is 5.91 Å². The summed E-state index contributed by atoms with van der Waals surface area (Å²) in [6.07, 6.45) is 5.78. The van der Waals surface area contributed by atoms with Gasteiger partial charge in [0.2, 0.25) is 5.91 Å². The molecule has 0 bridgehead atoms. The number of rotatable bonds is 8. The van der Waals surface area contributed by atoms with E-state index in [1.165, 1.54) is 0 Å². The predicted molar refractivity (Wildman–Crippen MR) is 83.2 cm³/mol. The van der Waals surface area contributed by atoms with Gasteiger partial charge < -0.3 is 10.6 Å². The molecule has 0 saturated carbocycles. The topological polar surface area (TPSA) is 59.0 Å². The molecule has 5 heteroatoms. The molecule has 0 fully saturated rings. The summed E-state index contributed by atoms with van der Waals surface area (Å²) >= 11 is 0. The van der Waals surface area contributed by atoms with Crippen LogP contribution in [0.15, 0.2) is 42.7 Å². The Morgan fingerprint density at radius 1 is 1.29 bits per heavy atom. The second-order valence-electron chi connectivity index (χ2n) is 4.89. The van der Waals surface area contributed by atoms with Gasteiger partial charge >= 0.3 is 0 Å². The van der Waals surface area contributed by atoms with Crippen molar-refractivity contribution in [3.63, 3.8) is 0 Å². The van der Waals surface area contributed by atoms with Crippen LogP contribution in [0.25, 0.3) is 5.69 Å². The van der Waals surface area contributed by atoms with Gasteiger partial charge in [-0.2, -0.15) is 5.10 Å². The molecule has 1 amide bonds. The third-order valence-corrected chi connectivity index (χ3v) is 3.20. The van der Waals surface area contributed by atoms with Crippen LogP contribution in [-0.4, -0.2) is 28.8 Å². The third-order valence-electron chi connectivity index (χ3n) is 3.20. The van der Waals surface area contributed by atoms with E-state index in [1.54, 1.807) is 6.20 Å². The Bertz CT molecular complexity index is 551. The standard InChI is InChI=1S/C16H22N4O/c1-2-3-9-18-16(21)13-17-12-14-7-4-5-8-15(14)20-11-6-10-19-20/h4-8,10-11,17H,2-3,9,12-13H2,1H3,(H,18,21). The lowest BCUT2D eigenvalue weighted by molar-refractivity contribution is -0.120. The summed E-state index contributed by atoms with van der Waals surface area (Å²) in [5.74, 6) is 0.0417. The van der Waals surface area contributed by atoms with Crippen LogP contribution in [0.4, 0.5) is 0 Å². The van der Waals surface area contributed by atoms with Gasteiger partial charge in [0.15, 0.2) is 0 Å². The van der Waals surface area contributed by atoms with E-state index in [4.69, 9.17) is 0 Å². The first-order valence-electron chi connectivity index (χ1n) is 7.36. The molecule has 0 atom stereocenters. The fourth-order valence-electron chi connectivity index (χ4n) is 2.07. The summed E-state index contributed by atoms with van der Waals surface area (Å²) in [5, 5.41) is 10.3. The lowest BCUT2D eigenvalue weighted by Gasteiger charge is -2.10. The molecule has 1 aromatic heterocycles. The maximum atomic E-state index is 11.6. The second-order valence-corrected chi connectivity index (χ2v) is 4.89. The minimum absolute atomic E-state index is 0.0417. The number of unbranched alkanes of at least 4 members (excludes halogenated alkanes) is 1. The molecule has 0 aliphatic rings. The Hall–Kier alpha value is -2.14. The summed E-state index contributed by atoms with van der Waals surface area (Å²) in [7, 11) is 0. The average Bonchev–Trinajstić information content (AvgIpc) is 3.02. The summed E-state index contributed by atoms with van der Waals surface area (Å²) in [6, 6.07) is 9.93. The van der Waals surface area contributed by atoms with Crippen LogP contribution in [0.1, 0.15) is 25.3 Å². The first-order valence-corrected chi connectivity index (χ1v) is 7.36. The molecule has 2 aromatic rings. The van der Waals surface area contributed by atoms with Gasteiger partial charge in [0, 0.05) is 25.5 Å². The second kappa shape index (κ2) is 8.21. The van der Waals surface area contributed by atoms with E-state index in [1.807, 2.05) is 41.2 Å². The van der Waals surface area contributed by atoms with Crippen molar-refractivity contribution in [3.8, 4) is 5.69 Å². The highest BCUT2D eigenvalue weighted by Gasteiger charge is 2.05. The molecular formula is C16H22N4O. The van der Waals surface area contributed by atoms with Gasteiger partial charge in [-0.3, -0.25) is 4.79 Å². The first kappa shape index (κ1) is 15.3. The zero-order valence-corrected chi connectivity index (χ0v) is 12.4. The molecule has 0 unspecified atom stereocenters. The van der Waals surface area contributed by atoms with Crippen molar-refractivity contribution in [1.82, 2.24) is 20.4 Å². The quantitative estimate of drug-likeness (QED) is 0.728. The van der Waals surface area contributed by atoms with E-state index in [2.05, 4.69) is 22.7 Å². The third kappa shape index (κ3) is 4.72. The molecule has 1 heterocycles. The van der Waals surface area contributed by atoms with Crippen LogP contribution >= 0.6 is 0 Å². The number of para-hydroxylation sites is 1. The maximum absolute atomic E-state index is 11.6.